The third-order valence-electron chi connectivity index (χ3n) is 2.70. The van der Waals surface area contributed by atoms with Crippen LogP contribution in [0.1, 0.15) is 40.2 Å². The number of aliphatic imine (C=N–C) groups is 1. The Morgan fingerprint density at radius 1 is 1.14 bits per heavy atom. The third kappa shape index (κ3) is 9.12. The molecule has 0 bridgehead atoms. The molecule has 0 saturated carbocycles. The van der Waals surface area contributed by atoms with Gasteiger partial charge in [-0.25, -0.2) is 4.99 Å². The Bertz CT molecular complexity index is 430. The van der Waals surface area contributed by atoms with Crippen molar-refractivity contribution in [2.45, 2.75) is 47.2 Å². The molecular formula is C17H30IN3O. The summed E-state index contributed by atoms with van der Waals surface area (Å²) in [4.78, 5) is 4.58. The average Bonchev–Trinajstić information content (AvgIpc) is 2.43. The predicted octanol–water partition coefficient (Wildman–Crippen LogP) is 3.80. The van der Waals surface area contributed by atoms with Crippen molar-refractivity contribution in [3.8, 4) is 5.75 Å². The quantitative estimate of drug-likeness (QED) is 0.402. The second-order valence-electron chi connectivity index (χ2n) is 5.84. The van der Waals surface area contributed by atoms with E-state index in [2.05, 4.69) is 62.4 Å². The van der Waals surface area contributed by atoms with Crippen molar-refractivity contribution in [3.05, 3.63) is 29.8 Å². The van der Waals surface area contributed by atoms with Gasteiger partial charge in [0.05, 0.1) is 13.2 Å². The number of ether oxygens (including phenoxy) is 1. The van der Waals surface area contributed by atoms with Gasteiger partial charge in [-0.05, 0) is 44.4 Å². The number of nitrogens with one attached hydrogen (secondary N) is 2. The first-order chi connectivity index (χ1) is 10.0. The lowest BCUT2D eigenvalue weighted by Crippen LogP contribution is -2.40. The smallest absolute Gasteiger partial charge is 0.191 e. The topological polar surface area (TPSA) is 45.7 Å². The van der Waals surface area contributed by atoms with Gasteiger partial charge in [0, 0.05) is 12.6 Å². The van der Waals surface area contributed by atoms with E-state index in [0.29, 0.717) is 18.5 Å². The molecule has 4 nitrogen and oxygen atoms in total. The molecule has 0 unspecified atom stereocenters. The molecule has 0 aliphatic carbocycles. The van der Waals surface area contributed by atoms with Crippen LogP contribution in [0, 0.1) is 5.92 Å². The summed E-state index contributed by atoms with van der Waals surface area (Å²) in [6.45, 7) is 12.8. The van der Waals surface area contributed by atoms with Crippen molar-refractivity contribution in [2.24, 2.45) is 10.9 Å². The summed E-state index contributed by atoms with van der Waals surface area (Å²) in [6.07, 6.45) is 0. The molecule has 22 heavy (non-hydrogen) atoms. The number of benzene rings is 1. The first kappa shape index (κ1) is 21.0. The fourth-order valence-electron chi connectivity index (χ4n) is 1.72. The highest BCUT2D eigenvalue weighted by molar-refractivity contribution is 14.0. The number of halogens is 1. The minimum Gasteiger partial charge on any atom is -0.493 e. The first-order valence-corrected chi connectivity index (χ1v) is 7.77. The van der Waals surface area contributed by atoms with E-state index in [1.165, 1.54) is 5.56 Å². The average molecular weight is 419 g/mol. The Hall–Kier alpha value is -0.980. The number of nitrogens with zero attached hydrogens (tertiary/aromatic N) is 1. The molecule has 1 aromatic carbocycles. The van der Waals surface area contributed by atoms with E-state index >= 15 is 0 Å². The summed E-state index contributed by atoms with van der Waals surface area (Å²) in [5.74, 6) is 2.32. The molecule has 0 radical (unpaired) electrons. The second kappa shape index (κ2) is 11.6. The number of guanidine groups is 1. The third-order valence-corrected chi connectivity index (χ3v) is 2.70. The van der Waals surface area contributed by atoms with Crippen LogP contribution in [0.4, 0.5) is 0 Å². The normalized spacial score (nSPS) is 11.3. The van der Waals surface area contributed by atoms with Crippen molar-refractivity contribution in [1.82, 2.24) is 10.6 Å². The van der Waals surface area contributed by atoms with E-state index in [0.717, 1.165) is 24.9 Å². The van der Waals surface area contributed by atoms with E-state index < -0.39 is 0 Å². The molecule has 0 spiro atoms. The Morgan fingerprint density at radius 3 is 2.27 bits per heavy atom. The Kier molecular flexibility index (Phi) is 11.1. The molecule has 1 rings (SSSR count). The number of hydrogen-bond donors (Lipinski definition) is 2. The zero-order valence-corrected chi connectivity index (χ0v) is 16.7. The van der Waals surface area contributed by atoms with E-state index in [-0.39, 0.29) is 24.0 Å². The van der Waals surface area contributed by atoms with Gasteiger partial charge in [0.1, 0.15) is 5.75 Å². The predicted molar refractivity (Wildman–Crippen MR) is 105 cm³/mol. The van der Waals surface area contributed by atoms with Crippen LogP contribution in [-0.2, 0) is 6.54 Å². The van der Waals surface area contributed by atoms with Gasteiger partial charge in [-0.2, -0.15) is 0 Å². The Balaban J connectivity index is 0.00000441. The fraction of sp³-hybridized carbons (Fsp3) is 0.588. The van der Waals surface area contributed by atoms with E-state index in [4.69, 9.17) is 4.74 Å². The maximum Gasteiger partial charge on any atom is 0.191 e. The standard InChI is InChI=1S/C17H29N3O.HI/c1-6-18-17(20-14(4)5)19-11-15-7-9-16(10-8-15)21-12-13(2)3;/h7-10,13-14H,6,11-12H2,1-5H3,(H2,18,19,20);1H. The van der Waals surface area contributed by atoms with Gasteiger partial charge in [-0.15, -0.1) is 24.0 Å². The van der Waals surface area contributed by atoms with Gasteiger partial charge >= 0.3 is 0 Å². The minimum atomic E-state index is 0. The van der Waals surface area contributed by atoms with Crippen LogP contribution >= 0.6 is 24.0 Å². The van der Waals surface area contributed by atoms with Crippen molar-refractivity contribution < 1.29 is 4.74 Å². The SMILES string of the molecule is CCNC(=NCc1ccc(OCC(C)C)cc1)NC(C)C.I. The van der Waals surface area contributed by atoms with Crippen molar-refractivity contribution >= 4 is 29.9 Å². The van der Waals surface area contributed by atoms with Crippen molar-refractivity contribution in [1.29, 1.82) is 0 Å². The highest BCUT2D eigenvalue weighted by Crippen LogP contribution is 2.13. The van der Waals surface area contributed by atoms with Crippen LogP contribution in [0.2, 0.25) is 0 Å². The minimum absolute atomic E-state index is 0. The highest BCUT2D eigenvalue weighted by atomic mass is 127. The molecule has 0 aliphatic rings. The van der Waals surface area contributed by atoms with Crippen LogP contribution in [-0.4, -0.2) is 25.2 Å². The summed E-state index contributed by atoms with van der Waals surface area (Å²) < 4.78 is 5.68. The molecule has 0 aliphatic heterocycles. The molecule has 0 heterocycles. The van der Waals surface area contributed by atoms with Crippen LogP contribution in [0.3, 0.4) is 0 Å². The lowest BCUT2D eigenvalue weighted by molar-refractivity contribution is 0.271. The van der Waals surface area contributed by atoms with Gasteiger partial charge in [0.15, 0.2) is 5.96 Å². The summed E-state index contributed by atoms with van der Waals surface area (Å²) in [7, 11) is 0. The molecule has 5 heteroatoms. The van der Waals surface area contributed by atoms with Gasteiger partial charge < -0.3 is 15.4 Å². The van der Waals surface area contributed by atoms with Crippen LogP contribution in [0.15, 0.2) is 29.3 Å². The zero-order valence-electron chi connectivity index (χ0n) is 14.3. The first-order valence-electron chi connectivity index (χ1n) is 7.77. The molecule has 0 fully saturated rings. The largest absolute Gasteiger partial charge is 0.493 e. The van der Waals surface area contributed by atoms with E-state index in [1.807, 2.05) is 12.1 Å². The lowest BCUT2D eigenvalue weighted by Gasteiger charge is -2.14. The monoisotopic (exact) mass is 419 g/mol. The van der Waals surface area contributed by atoms with Gasteiger partial charge in [-0.1, -0.05) is 26.0 Å². The lowest BCUT2D eigenvalue weighted by atomic mass is 10.2. The highest BCUT2D eigenvalue weighted by Gasteiger charge is 2.01. The zero-order chi connectivity index (χ0) is 15.7. The number of hydrogen-bond acceptors (Lipinski definition) is 2. The van der Waals surface area contributed by atoms with Crippen molar-refractivity contribution in [2.75, 3.05) is 13.2 Å². The van der Waals surface area contributed by atoms with Gasteiger partial charge in [-0.3, -0.25) is 0 Å². The fourth-order valence-corrected chi connectivity index (χ4v) is 1.72. The van der Waals surface area contributed by atoms with Crippen LogP contribution < -0.4 is 15.4 Å². The maximum absolute atomic E-state index is 5.68. The molecule has 1 aromatic rings. The Labute approximate surface area is 152 Å². The summed E-state index contributed by atoms with van der Waals surface area (Å²) >= 11 is 0. The molecule has 0 amide bonds. The van der Waals surface area contributed by atoms with Gasteiger partial charge in [0.25, 0.3) is 0 Å². The summed E-state index contributed by atoms with van der Waals surface area (Å²) in [6, 6.07) is 8.53. The number of rotatable bonds is 7. The van der Waals surface area contributed by atoms with Crippen LogP contribution in [0.5, 0.6) is 5.75 Å². The molecular weight excluding hydrogens is 389 g/mol. The molecule has 126 valence electrons. The summed E-state index contributed by atoms with van der Waals surface area (Å²) in [5.41, 5.74) is 1.17. The van der Waals surface area contributed by atoms with E-state index in [1.54, 1.807) is 0 Å². The van der Waals surface area contributed by atoms with Crippen LogP contribution in [0.25, 0.3) is 0 Å². The molecule has 0 atom stereocenters. The van der Waals surface area contributed by atoms with Gasteiger partial charge in [0.2, 0.25) is 0 Å². The molecule has 0 aromatic heterocycles. The molecule has 2 N–H and O–H groups in total. The maximum atomic E-state index is 5.68. The second-order valence-corrected chi connectivity index (χ2v) is 5.84. The summed E-state index contributed by atoms with van der Waals surface area (Å²) in [5, 5.41) is 6.55. The molecule has 0 saturated heterocycles. The van der Waals surface area contributed by atoms with E-state index in [9.17, 15) is 0 Å². The Morgan fingerprint density at radius 2 is 1.77 bits per heavy atom. The van der Waals surface area contributed by atoms with Crippen molar-refractivity contribution in [3.63, 3.8) is 0 Å².